The molecule has 0 aliphatic carbocycles. The maximum atomic E-state index is 13.5. The SMILES string of the molecule is COc1ccc(CN2N=N[C@H]3C(=O)N(c4ccc(F)c(F)c4)C(=O)[C@@H]32)cc1. The van der Waals surface area contributed by atoms with Crippen molar-refractivity contribution in [3.63, 3.8) is 0 Å². The molecule has 1 fully saturated rings. The molecule has 0 N–H and O–H groups in total. The molecule has 2 aliphatic rings. The number of ether oxygens (including phenoxy) is 1. The first-order valence-corrected chi connectivity index (χ1v) is 8.13. The molecular weight excluding hydrogens is 358 g/mol. The van der Waals surface area contributed by atoms with Gasteiger partial charge in [0.1, 0.15) is 5.75 Å². The van der Waals surface area contributed by atoms with Gasteiger partial charge in [-0.1, -0.05) is 17.4 Å². The molecule has 2 aromatic rings. The molecule has 2 amide bonds. The number of methoxy groups -OCH3 is 1. The van der Waals surface area contributed by atoms with Crippen molar-refractivity contribution in [2.24, 2.45) is 10.3 Å². The lowest BCUT2D eigenvalue weighted by atomic mass is 10.1. The Morgan fingerprint density at radius 3 is 2.44 bits per heavy atom. The van der Waals surface area contributed by atoms with Crippen LogP contribution in [0, 0.1) is 11.6 Å². The molecule has 0 aromatic heterocycles. The zero-order valence-corrected chi connectivity index (χ0v) is 14.2. The average Bonchev–Trinajstić information content (AvgIpc) is 3.18. The van der Waals surface area contributed by atoms with E-state index in [1.54, 1.807) is 19.2 Å². The van der Waals surface area contributed by atoms with Crippen LogP contribution >= 0.6 is 0 Å². The first-order valence-electron chi connectivity index (χ1n) is 8.13. The Labute approximate surface area is 152 Å². The minimum absolute atomic E-state index is 0.0297. The predicted molar refractivity (Wildman–Crippen MR) is 89.8 cm³/mol. The summed E-state index contributed by atoms with van der Waals surface area (Å²) in [5.74, 6) is -2.69. The molecule has 2 aliphatic heterocycles. The highest BCUT2D eigenvalue weighted by molar-refractivity contribution is 6.25. The largest absolute Gasteiger partial charge is 0.497 e. The number of hydrogen-bond donors (Lipinski definition) is 0. The second-order valence-corrected chi connectivity index (χ2v) is 6.15. The summed E-state index contributed by atoms with van der Waals surface area (Å²) < 4.78 is 31.8. The van der Waals surface area contributed by atoms with Gasteiger partial charge in [0.2, 0.25) is 0 Å². The topological polar surface area (TPSA) is 74.6 Å². The van der Waals surface area contributed by atoms with Crippen LogP contribution < -0.4 is 9.64 Å². The second kappa shape index (κ2) is 6.42. The average molecular weight is 372 g/mol. The van der Waals surface area contributed by atoms with Crippen molar-refractivity contribution in [3.05, 3.63) is 59.7 Å². The fourth-order valence-corrected chi connectivity index (χ4v) is 3.15. The van der Waals surface area contributed by atoms with Crippen molar-refractivity contribution in [3.8, 4) is 5.75 Å². The third-order valence-electron chi connectivity index (χ3n) is 4.52. The highest BCUT2D eigenvalue weighted by atomic mass is 19.2. The second-order valence-electron chi connectivity index (χ2n) is 6.15. The van der Waals surface area contributed by atoms with Crippen LogP contribution in [0.4, 0.5) is 14.5 Å². The van der Waals surface area contributed by atoms with Gasteiger partial charge in [-0.05, 0) is 29.8 Å². The van der Waals surface area contributed by atoms with E-state index in [1.165, 1.54) is 11.1 Å². The van der Waals surface area contributed by atoms with Crippen LogP contribution in [0.5, 0.6) is 5.75 Å². The van der Waals surface area contributed by atoms with E-state index in [2.05, 4.69) is 10.3 Å². The van der Waals surface area contributed by atoms with E-state index >= 15 is 0 Å². The van der Waals surface area contributed by atoms with Crippen LogP contribution in [-0.4, -0.2) is 36.0 Å². The minimum Gasteiger partial charge on any atom is -0.497 e. The van der Waals surface area contributed by atoms with Gasteiger partial charge < -0.3 is 4.74 Å². The quantitative estimate of drug-likeness (QED) is 0.773. The number of fused-ring (bicyclic) bond motifs is 1. The summed E-state index contributed by atoms with van der Waals surface area (Å²) in [6, 6.07) is 8.14. The van der Waals surface area contributed by atoms with Crippen LogP contribution in [0.2, 0.25) is 0 Å². The maximum absolute atomic E-state index is 13.5. The minimum atomic E-state index is -1.14. The molecule has 1 saturated heterocycles. The van der Waals surface area contributed by atoms with E-state index in [0.717, 1.165) is 22.6 Å². The molecule has 2 atom stereocenters. The fraction of sp³-hybridized carbons (Fsp3) is 0.222. The fourth-order valence-electron chi connectivity index (χ4n) is 3.15. The zero-order valence-electron chi connectivity index (χ0n) is 14.2. The molecule has 2 heterocycles. The summed E-state index contributed by atoms with van der Waals surface area (Å²) >= 11 is 0. The van der Waals surface area contributed by atoms with Crippen molar-refractivity contribution in [2.75, 3.05) is 12.0 Å². The predicted octanol–water partition coefficient (Wildman–Crippen LogP) is 2.47. The molecule has 4 rings (SSSR count). The van der Waals surface area contributed by atoms with E-state index in [1.807, 2.05) is 12.1 Å². The van der Waals surface area contributed by atoms with E-state index in [-0.39, 0.29) is 12.2 Å². The zero-order chi connectivity index (χ0) is 19.1. The number of anilines is 1. The van der Waals surface area contributed by atoms with Crippen LogP contribution in [0.3, 0.4) is 0 Å². The Kier molecular flexibility index (Phi) is 4.06. The Morgan fingerprint density at radius 1 is 1.04 bits per heavy atom. The molecule has 0 spiro atoms. The van der Waals surface area contributed by atoms with Gasteiger partial charge in [-0.2, -0.15) is 5.11 Å². The highest BCUT2D eigenvalue weighted by Gasteiger charge is 2.54. The number of halogens is 2. The van der Waals surface area contributed by atoms with Gasteiger partial charge in [-0.3, -0.25) is 14.6 Å². The van der Waals surface area contributed by atoms with Crippen molar-refractivity contribution in [2.45, 2.75) is 18.6 Å². The Hall–Kier alpha value is -3.36. The molecule has 9 heteroatoms. The summed E-state index contributed by atoms with van der Waals surface area (Å²) in [6.07, 6.45) is 0. The molecule has 2 aromatic carbocycles. The molecule has 0 unspecified atom stereocenters. The molecule has 0 bridgehead atoms. The first-order chi connectivity index (χ1) is 13.0. The summed E-state index contributed by atoms with van der Waals surface area (Å²) in [6.45, 7) is 0.263. The highest BCUT2D eigenvalue weighted by Crippen LogP contribution is 2.33. The number of carbonyl (C=O) groups is 2. The van der Waals surface area contributed by atoms with Gasteiger partial charge in [0.25, 0.3) is 11.8 Å². The number of rotatable bonds is 4. The van der Waals surface area contributed by atoms with Gasteiger partial charge in [0, 0.05) is 6.07 Å². The summed E-state index contributed by atoms with van der Waals surface area (Å²) in [7, 11) is 1.56. The Bertz CT molecular complexity index is 948. The number of nitrogens with zero attached hydrogens (tertiary/aromatic N) is 4. The Morgan fingerprint density at radius 2 is 1.78 bits per heavy atom. The van der Waals surface area contributed by atoms with E-state index in [4.69, 9.17) is 4.74 Å². The normalized spacial score (nSPS) is 21.1. The van der Waals surface area contributed by atoms with Crippen molar-refractivity contribution < 1.29 is 23.1 Å². The van der Waals surface area contributed by atoms with Gasteiger partial charge in [-0.15, -0.1) is 0 Å². The van der Waals surface area contributed by atoms with Crippen molar-refractivity contribution in [1.82, 2.24) is 5.01 Å². The number of hydrogen-bond acceptors (Lipinski definition) is 6. The lowest BCUT2D eigenvalue weighted by Crippen LogP contribution is -2.39. The number of imide groups is 1. The third-order valence-corrected chi connectivity index (χ3v) is 4.52. The molecule has 138 valence electrons. The molecular formula is C18H14F2N4O3. The summed E-state index contributed by atoms with van der Waals surface area (Å²) in [5, 5.41) is 9.27. The summed E-state index contributed by atoms with van der Waals surface area (Å²) in [4.78, 5) is 26.2. The standard InChI is InChI=1S/C18H14F2N4O3/c1-27-12-5-2-10(3-6-12)9-23-16-15(21-22-23)17(25)24(18(16)26)11-4-7-13(19)14(20)8-11/h2-8,15-16H,9H2,1H3/t15-,16-/m1/s1. The lowest BCUT2D eigenvalue weighted by Gasteiger charge is -2.20. The third kappa shape index (κ3) is 2.80. The monoisotopic (exact) mass is 372 g/mol. The molecule has 0 radical (unpaired) electrons. The van der Waals surface area contributed by atoms with E-state index in [9.17, 15) is 18.4 Å². The smallest absolute Gasteiger partial charge is 0.263 e. The number of amides is 2. The van der Waals surface area contributed by atoms with Crippen LogP contribution in [-0.2, 0) is 16.1 Å². The van der Waals surface area contributed by atoms with Crippen LogP contribution in [0.25, 0.3) is 0 Å². The number of benzene rings is 2. The van der Waals surface area contributed by atoms with Gasteiger partial charge >= 0.3 is 0 Å². The lowest BCUT2D eigenvalue weighted by molar-refractivity contribution is -0.123. The Balaban J connectivity index is 1.58. The van der Waals surface area contributed by atoms with Gasteiger partial charge in [0.05, 0.1) is 19.3 Å². The van der Waals surface area contributed by atoms with Crippen molar-refractivity contribution >= 4 is 17.5 Å². The molecule has 0 saturated carbocycles. The molecule has 7 nitrogen and oxygen atoms in total. The van der Waals surface area contributed by atoms with Crippen molar-refractivity contribution in [1.29, 1.82) is 0 Å². The first kappa shape index (κ1) is 17.1. The van der Waals surface area contributed by atoms with Gasteiger partial charge in [0.15, 0.2) is 23.7 Å². The van der Waals surface area contributed by atoms with Gasteiger partial charge in [-0.25, -0.2) is 13.7 Å². The van der Waals surface area contributed by atoms with E-state index in [0.29, 0.717) is 5.75 Å². The molecule has 27 heavy (non-hydrogen) atoms. The van der Waals surface area contributed by atoms with Crippen LogP contribution in [0.1, 0.15) is 5.56 Å². The maximum Gasteiger partial charge on any atom is 0.263 e. The summed E-state index contributed by atoms with van der Waals surface area (Å²) in [5.41, 5.74) is 0.819. The van der Waals surface area contributed by atoms with E-state index < -0.39 is 35.5 Å². The number of carbonyl (C=O) groups excluding carboxylic acids is 2. The van der Waals surface area contributed by atoms with Crippen LogP contribution in [0.15, 0.2) is 52.8 Å².